The molecule has 0 amide bonds. The predicted molar refractivity (Wildman–Crippen MR) is 73.6 cm³/mol. The van der Waals surface area contributed by atoms with Gasteiger partial charge in [-0.1, -0.05) is 13.8 Å². The Labute approximate surface area is 127 Å². The lowest BCUT2D eigenvalue weighted by atomic mass is 10.2. The van der Waals surface area contributed by atoms with Gasteiger partial charge in [0.2, 0.25) is 0 Å². The van der Waals surface area contributed by atoms with Gasteiger partial charge in [-0.15, -0.1) is 0 Å². The Hall–Kier alpha value is -1.35. The number of rotatable bonds is 9. The second-order valence-electron chi connectivity index (χ2n) is 4.69. The molecule has 22 heavy (non-hydrogen) atoms. The molecule has 3 N–H and O–H groups in total. The van der Waals surface area contributed by atoms with E-state index in [0.29, 0.717) is 13.0 Å². The molecule has 0 aliphatic rings. The lowest BCUT2D eigenvalue weighted by molar-refractivity contribution is -0.192. The van der Waals surface area contributed by atoms with E-state index in [0.717, 1.165) is 25.9 Å². The number of aliphatic hydroxyl groups is 1. The van der Waals surface area contributed by atoms with Crippen LogP contribution < -0.4 is 0 Å². The van der Waals surface area contributed by atoms with Gasteiger partial charge in [0.1, 0.15) is 0 Å². The molecule has 1 atom stereocenters. The SMILES string of the molecule is CCCN(CCC)CC(O)CCC(=O)O.O=C(O)C(F)(F)F. The average molecular weight is 331 g/mol. The maximum Gasteiger partial charge on any atom is 0.490 e. The van der Waals surface area contributed by atoms with Gasteiger partial charge >= 0.3 is 18.1 Å². The number of halogens is 3. The van der Waals surface area contributed by atoms with Crippen LogP contribution in [0.1, 0.15) is 39.5 Å². The van der Waals surface area contributed by atoms with Crippen molar-refractivity contribution in [2.45, 2.75) is 51.8 Å². The lowest BCUT2D eigenvalue weighted by Crippen LogP contribution is -2.34. The zero-order valence-electron chi connectivity index (χ0n) is 12.8. The average Bonchev–Trinajstić information content (AvgIpc) is 2.36. The highest BCUT2D eigenvalue weighted by Gasteiger charge is 2.38. The molecule has 0 radical (unpaired) electrons. The molecule has 0 aromatic rings. The molecule has 132 valence electrons. The van der Waals surface area contributed by atoms with Crippen LogP contribution in [-0.4, -0.2) is 64.1 Å². The highest BCUT2D eigenvalue weighted by molar-refractivity contribution is 5.73. The van der Waals surface area contributed by atoms with Crippen molar-refractivity contribution in [3.05, 3.63) is 0 Å². The van der Waals surface area contributed by atoms with Gasteiger partial charge in [0.25, 0.3) is 0 Å². The van der Waals surface area contributed by atoms with E-state index in [2.05, 4.69) is 18.7 Å². The van der Waals surface area contributed by atoms with E-state index in [1.165, 1.54) is 0 Å². The van der Waals surface area contributed by atoms with Gasteiger partial charge < -0.3 is 20.2 Å². The molecule has 0 heterocycles. The maximum atomic E-state index is 10.6. The Bertz CT molecular complexity index is 317. The van der Waals surface area contributed by atoms with Crippen LogP contribution in [0.5, 0.6) is 0 Å². The van der Waals surface area contributed by atoms with Gasteiger partial charge in [0, 0.05) is 13.0 Å². The van der Waals surface area contributed by atoms with Gasteiger partial charge in [-0.2, -0.15) is 13.2 Å². The van der Waals surface area contributed by atoms with E-state index < -0.39 is 24.2 Å². The number of hydrogen-bond donors (Lipinski definition) is 3. The first-order valence-corrected chi connectivity index (χ1v) is 6.96. The molecule has 9 heteroatoms. The van der Waals surface area contributed by atoms with Gasteiger partial charge in [-0.25, -0.2) is 4.79 Å². The molecule has 0 saturated heterocycles. The summed E-state index contributed by atoms with van der Waals surface area (Å²) in [7, 11) is 0. The summed E-state index contributed by atoms with van der Waals surface area (Å²) in [6.45, 7) is 6.74. The van der Waals surface area contributed by atoms with E-state index in [9.17, 15) is 23.1 Å². The number of alkyl halides is 3. The summed E-state index contributed by atoms with van der Waals surface area (Å²) in [4.78, 5) is 21.4. The highest BCUT2D eigenvalue weighted by Crippen LogP contribution is 2.13. The number of carboxylic acid groups (broad SMARTS) is 2. The fourth-order valence-electron chi connectivity index (χ4n) is 1.61. The van der Waals surface area contributed by atoms with Gasteiger partial charge in [-0.05, 0) is 32.4 Å². The molecule has 0 saturated carbocycles. The molecular formula is C13H24F3NO5. The number of carboxylic acids is 2. The molecule has 0 fully saturated rings. The third-order valence-electron chi connectivity index (χ3n) is 2.48. The Kier molecular flexibility index (Phi) is 12.7. The van der Waals surface area contributed by atoms with Crippen molar-refractivity contribution in [3.8, 4) is 0 Å². The largest absolute Gasteiger partial charge is 0.490 e. The predicted octanol–water partition coefficient (Wildman–Crippen LogP) is 1.97. The molecule has 0 bridgehead atoms. The zero-order valence-corrected chi connectivity index (χ0v) is 12.8. The minimum Gasteiger partial charge on any atom is -0.481 e. The highest BCUT2D eigenvalue weighted by atomic mass is 19.4. The smallest absolute Gasteiger partial charge is 0.481 e. The molecule has 0 aromatic carbocycles. The second kappa shape index (κ2) is 12.2. The third kappa shape index (κ3) is 15.0. The topological polar surface area (TPSA) is 98.1 Å². The van der Waals surface area contributed by atoms with Gasteiger partial charge in [0.15, 0.2) is 0 Å². The Morgan fingerprint density at radius 3 is 1.77 bits per heavy atom. The fourth-order valence-corrected chi connectivity index (χ4v) is 1.61. The van der Waals surface area contributed by atoms with Crippen LogP contribution in [0.2, 0.25) is 0 Å². The summed E-state index contributed by atoms with van der Waals surface area (Å²) < 4.78 is 31.7. The van der Waals surface area contributed by atoms with Crippen molar-refractivity contribution < 1.29 is 38.1 Å². The van der Waals surface area contributed by atoms with E-state index in [1.807, 2.05) is 0 Å². The first kappa shape index (κ1) is 22.9. The normalized spacial score (nSPS) is 12.5. The third-order valence-corrected chi connectivity index (χ3v) is 2.48. The van der Waals surface area contributed by atoms with Crippen molar-refractivity contribution in [1.82, 2.24) is 4.90 Å². The molecule has 0 aliphatic carbocycles. The number of aliphatic carboxylic acids is 2. The molecule has 0 aromatic heterocycles. The second-order valence-corrected chi connectivity index (χ2v) is 4.69. The minimum atomic E-state index is -5.08. The van der Waals surface area contributed by atoms with E-state index in [1.54, 1.807) is 0 Å². The summed E-state index contributed by atoms with van der Waals surface area (Å²) in [5.74, 6) is -3.60. The molecule has 0 aliphatic heterocycles. The van der Waals surface area contributed by atoms with Crippen LogP contribution in [-0.2, 0) is 9.59 Å². The lowest BCUT2D eigenvalue weighted by Gasteiger charge is -2.23. The fraction of sp³-hybridized carbons (Fsp3) is 0.846. The molecule has 0 rings (SSSR count). The molecule has 6 nitrogen and oxygen atoms in total. The monoisotopic (exact) mass is 331 g/mol. The van der Waals surface area contributed by atoms with E-state index >= 15 is 0 Å². The summed E-state index contributed by atoms with van der Waals surface area (Å²) in [5, 5.41) is 25.2. The number of carbonyl (C=O) groups is 2. The van der Waals surface area contributed by atoms with Crippen LogP contribution in [0.4, 0.5) is 13.2 Å². The van der Waals surface area contributed by atoms with Crippen LogP contribution >= 0.6 is 0 Å². The first-order chi connectivity index (χ1) is 10.0. The van der Waals surface area contributed by atoms with Gasteiger partial charge in [-0.3, -0.25) is 4.79 Å². The Morgan fingerprint density at radius 2 is 1.50 bits per heavy atom. The Morgan fingerprint density at radius 1 is 1.09 bits per heavy atom. The Balaban J connectivity index is 0. The molecular weight excluding hydrogens is 307 g/mol. The van der Waals surface area contributed by atoms with Crippen LogP contribution in [0.25, 0.3) is 0 Å². The quantitative estimate of drug-likeness (QED) is 0.597. The summed E-state index contributed by atoms with van der Waals surface area (Å²) in [6.07, 6.45) is -3.08. The standard InChI is InChI=1S/C11H23NO3.C2HF3O2/c1-3-7-12(8-4-2)9-10(13)5-6-11(14)15;3-2(4,5)1(6)7/h10,13H,3-9H2,1-2H3,(H,14,15);(H,6,7). The van der Waals surface area contributed by atoms with Crippen molar-refractivity contribution in [2.75, 3.05) is 19.6 Å². The van der Waals surface area contributed by atoms with Crippen molar-refractivity contribution in [1.29, 1.82) is 0 Å². The van der Waals surface area contributed by atoms with Crippen molar-refractivity contribution in [3.63, 3.8) is 0 Å². The minimum absolute atomic E-state index is 0.0489. The van der Waals surface area contributed by atoms with E-state index in [4.69, 9.17) is 15.0 Å². The maximum absolute atomic E-state index is 10.6. The van der Waals surface area contributed by atoms with Crippen LogP contribution in [0, 0.1) is 0 Å². The molecule has 1 unspecified atom stereocenters. The van der Waals surface area contributed by atoms with E-state index in [-0.39, 0.29) is 6.42 Å². The number of nitrogens with zero attached hydrogens (tertiary/aromatic N) is 1. The van der Waals surface area contributed by atoms with Gasteiger partial charge in [0.05, 0.1) is 6.10 Å². The summed E-state index contributed by atoms with van der Waals surface area (Å²) in [6, 6.07) is 0. The van der Waals surface area contributed by atoms with Crippen LogP contribution in [0.3, 0.4) is 0 Å². The summed E-state index contributed by atoms with van der Waals surface area (Å²) in [5.41, 5.74) is 0. The number of hydrogen-bond acceptors (Lipinski definition) is 4. The van der Waals surface area contributed by atoms with Crippen LogP contribution in [0.15, 0.2) is 0 Å². The zero-order chi connectivity index (χ0) is 17.8. The first-order valence-electron chi connectivity index (χ1n) is 6.96. The number of aliphatic hydroxyl groups excluding tert-OH is 1. The van der Waals surface area contributed by atoms with Crippen molar-refractivity contribution in [2.24, 2.45) is 0 Å². The summed E-state index contributed by atoms with van der Waals surface area (Å²) >= 11 is 0. The van der Waals surface area contributed by atoms with Crippen molar-refractivity contribution >= 4 is 11.9 Å². The molecule has 0 spiro atoms.